The van der Waals surface area contributed by atoms with Crippen molar-refractivity contribution in [3.63, 3.8) is 0 Å². The SMILES string of the molecule is O=C(NCC1(O)CCCC1)C1CCc2ccccc2C1. The van der Waals surface area contributed by atoms with E-state index in [1.807, 2.05) is 6.07 Å². The molecule has 0 heterocycles. The molecule has 0 aliphatic heterocycles. The van der Waals surface area contributed by atoms with Crippen LogP contribution in [-0.2, 0) is 17.6 Å². The summed E-state index contributed by atoms with van der Waals surface area (Å²) in [5.41, 5.74) is 2.03. The van der Waals surface area contributed by atoms with Crippen molar-refractivity contribution in [2.45, 2.75) is 50.5 Å². The van der Waals surface area contributed by atoms with Crippen LogP contribution in [0.2, 0.25) is 0 Å². The van der Waals surface area contributed by atoms with Crippen LogP contribution in [0.4, 0.5) is 0 Å². The number of hydrogen-bond acceptors (Lipinski definition) is 2. The van der Waals surface area contributed by atoms with Gasteiger partial charge in [0.25, 0.3) is 0 Å². The van der Waals surface area contributed by atoms with Gasteiger partial charge in [0.2, 0.25) is 5.91 Å². The van der Waals surface area contributed by atoms with E-state index >= 15 is 0 Å². The second-order valence-electron chi connectivity index (χ2n) is 6.36. The van der Waals surface area contributed by atoms with Crippen LogP contribution < -0.4 is 5.32 Å². The molecule has 3 nitrogen and oxygen atoms in total. The van der Waals surface area contributed by atoms with E-state index in [0.29, 0.717) is 6.54 Å². The highest BCUT2D eigenvalue weighted by Gasteiger charge is 2.32. The average molecular weight is 273 g/mol. The van der Waals surface area contributed by atoms with Gasteiger partial charge in [-0.25, -0.2) is 0 Å². The highest BCUT2D eigenvalue weighted by atomic mass is 16.3. The molecule has 1 aromatic carbocycles. The Morgan fingerprint density at radius 3 is 2.70 bits per heavy atom. The number of hydrogen-bond donors (Lipinski definition) is 2. The molecule has 2 N–H and O–H groups in total. The summed E-state index contributed by atoms with van der Waals surface area (Å²) in [5.74, 6) is 0.176. The van der Waals surface area contributed by atoms with Crippen LogP contribution in [0.5, 0.6) is 0 Å². The van der Waals surface area contributed by atoms with E-state index in [2.05, 4.69) is 23.5 Å². The number of fused-ring (bicyclic) bond motifs is 1. The monoisotopic (exact) mass is 273 g/mol. The maximum absolute atomic E-state index is 12.3. The molecule has 1 amide bonds. The molecular formula is C17H23NO2. The van der Waals surface area contributed by atoms with Crippen molar-refractivity contribution in [2.24, 2.45) is 5.92 Å². The second kappa shape index (κ2) is 5.57. The molecule has 0 aromatic heterocycles. The molecule has 1 saturated carbocycles. The number of benzene rings is 1. The lowest BCUT2D eigenvalue weighted by atomic mass is 9.83. The van der Waals surface area contributed by atoms with Crippen LogP contribution in [0.1, 0.15) is 43.2 Å². The number of nitrogens with one attached hydrogen (secondary N) is 1. The molecule has 2 aliphatic carbocycles. The fourth-order valence-electron chi connectivity index (χ4n) is 3.53. The van der Waals surface area contributed by atoms with Crippen LogP contribution >= 0.6 is 0 Å². The number of carbonyl (C=O) groups excluding carboxylic acids is 1. The largest absolute Gasteiger partial charge is 0.388 e. The van der Waals surface area contributed by atoms with E-state index in [1.54, 1.807) is 0 Å². The quantitative estimate of drug-likeness (QED) is 0.887. The maximum Gasteiger partial charge on any atom is 0.223 e. The molecule has 3 heteroatoms. The Bertz CT molecular complexity index is 492. The Morgan fingerprint density at radius 1 is 1.25 bits per heavy atom. The van der Waals surface area contributed by atoms with Gasteiger partial charge in [0.05, 0.1) is 5.60 Å². The fraction of sp³-hybridized carbons (Fsp3) is 0.588. The van der Waals surface area contributed by atoms with E-state index in [0.717, 1.165) is 44.9 Å². The van der Waals surface area contributed by atoms with Crippen molar-refractivity contribution in [3.8, 4) is 0 Å². The maximum atomic E-state index is 12.3. The Kier molecular flexibility index (Phi) is 3.79. The second-order valence-corrected chi connectivity index (χ2v) is 6.36. The predicted octanol–water partition coefficient (Wildman–Crippen LogP) is 2.21. The van der Waals surface area contributed by atoms with Gasteiger partial charge in [0.15, 0.2) is 0 Å². The lowest BCUT2D eigenvalue weighted by Crippen LogP contribution is -2.44. The van der Waals surface area contributed by atoms with Crippen LogP contribution in [0.15, 0.2) is 24.3 Å². The zero-order chi connectivity index (χ0) is 14.0. The first-order valence-corrected chi connectivity index (χ1v) is 7.73. The first-order valence-electron chi connectivity index (χ1n) is 7.73. The topological polar surface area (TPSA) is 49.3 Å². The van der Waals surface area contributed by atoms with E-state index in [9.17, 15) is 9.90 Å². The summed E-state index contributed by atoms with van der Waals surface area (Å²) in [4.78, 5) is 12.3. The number of aryl methyl sites for hydroxylation is 1. The van der Waals surface area contributed by atoms with Gasteiger partial charge in [0.1, 0.15) is 0 Å². The normalized spacial score (nSPS) is 24.1. The third kappa shape index (κ3) is 2.88. The summed E-state index contributed by atoms with van der Waals surface area (Å²) >= 11 is 0. The molecule has 1 aromatic rings. The first kappa shape index (κ1) is 13.6. The standard InChI is InChI=1S/C17H23NO2/c19-16(18-12-17(20)9-3-4-10-17)15-8-7-13-5-1-2-6-14(13)11-15/h1-2,5-6,15,20H,3-4,7-12H2,(H,18,19). The fourth-order valence-corrected chi connectivity index (χ4v) is 3.53. The smallest absolute Gasteiger partial charge is 0.223 e. The van der Waals surface area contributed by atoms with Crippen LogP contribution in [0, 0.1) is 5.92 Å². The molecule has 108 valence electrons. The number of amides is 1. The Morgan fingerprint density at radius 2 is 1.95 bits per heavy atom. The van der Waals surface area contributed by atoms with Gasteiger partial charge in [-0.15, -0.1) is 0 Å². The van der Waals surface area contributed by atoms with E-state index in [-0.39, 0.29) is 11.8 Å². The highest BCUT2D eigenvalue weighted by Crippen LogP contribution is 2.29. The van der Waals surface area contributed by atoms with E-state index in [4.69, 9.17) is 0 Å². The Hall–Kier alpha value is -1.35. The number of rotatable bonds is 3. The highest BCUT2D eigenvalue weighted by molar-refractivity contribution is 5.79. The van der Waals surface area contributed by atoms with Gasteiger partial charge < -0.3 is 10.4 Å². The Labute approximate surface area is 120 Å². The van der Waals surface area contributed by atoms with Gasteiger partial charge in [-0.1, -0.05) is 37.1 Å². The van der Waals surface area contributed by atoms with E-state index in [1.165, 1.54) is 11.1 Å². The van der Waals surface area contributed by atoms with Crippen molar-refractivity contribution in [1.29, 1.82) is 0 Å². The lowest BCUT2D eigenvalue weighted by Gasteiger charge is -2.27. The summed E-state index contributed by atoms with van der Waals surface area (Å²) in [5, 5.41) is 13.3. The third-order valence-corrected chi connectivity index (χ3v) is 4.84. The van der Waals surface area contributed by atoms with Crippen molar-refractivity contribution in [1.82, 2.24) is 5.32 Å². The molecule has 1 unspecified atom stereocenters. The summed E-state index contributed by atoms with van der Waals surface area (Å²) in [6, 6.07) is 8.39. The Balaban J connectivity index is 1.56. The number of aliphatic hydroxyl groups is 1. The summed E-state index contributed by atoms with van der Waals surface area (Å²) in [6.45, 7) is 0.421. The molecule has 3 rings (SSSR count). The molecule has 2 aliphatic rings. The van der Waals surface area contributed by atoms with Gasteiger partial charge in [-0.3, -0.25) is 4.79 Å². The molecule has 1 fully saturated rings. The van der Waals surface area contributed by atoms with Gasteiger partial charge in [0, 0.05) is 12.5 Å². The molecule has 0 radical (unpaired) electrons. The summed E-state index contributed by atoms with van der Waals surface area (Å²) < 4.78 is 0. The minimum atomic E-state index is -0.651. The zero-order valence-corrected chi connectivity index (χ0v) is 11.9. The minimum absolute atomic E-state index is 0.0647. The average Bonchev–Trinajstić information content (AvgIpc) is 2.91. The molecule has 20 heavy (non-hydrogen) atoms. The number of carbonyl (C=O) groups is 1. The summed E-state index contributed by atoms with van der Waals surface area (Å²) in [6.07, 6.45) is 6.52. The van der Waals surface area contributed by atoms with Crippen LogP contribution in [-0.4, -0.2) is 23.2 Å². The van der Waals surface area contributed by atoms with Gasteiger partial charge >= 0.3 is 0 Å². The molecule has 1 atom stereocenters. The van der Waals surface area contributed by atoms with Crippen molar-refractivity contribution >= 4 is 5.91 Å². The van der Waals surface area contributed by atoms with Gasteiger partial charge in [-0.05, 0) is 43.2 Å². The van der Waals surface area contributed by atoms with E-state index < -0.39 is 5.60 Å². The lowest BCUT2D eigenvalue weighted by molar-refractivity contribution is -0.126. The summed E-state index contributed by atoms with van der Waals surface area (Å²) in [7, 11) is 0. The van der Waals surface area contributed by atoms with Crippen LogP contribution in [0.3, 0.4) is 0 Å². The van der Waals surface area contributed by atoms with Crippen molar-refractivity contribution in [2.75, 3.05) is 6.54 Å². The molecular weight excluding hydrogens is 250 g/mol. The molecule has 0 spiro atoms. The minimum Gasteiger partial charge on any atom is -0.388 e. The van der Waals surface area contributed by atoms with Crippen LogP contribution in [0.25, 0.3) is 0 Å². The predicted molar refractivity (Wildman–Crippen MR) is 78.4 cm³/mol. The van der Waals surface area contributed by atoms with Crippen molar-refractivity contribution < 1.29 is 9.90 Å². The molecule has 0 bridgehead atoms. The first-order chi connectivity index (χ1) is 9.66. The molecule has 0 saturated heterocycles. The third-order valence-electron chi connectivity index (χ3n) is 4.84. The zero-order valence-electron chi connectivity index (χ0n) is 11.9. The van der Waals surface area contributed by atoms with Gasteiger partial charge in [-0.2, -0.15) is 0 Å². The van der Waals surface area contributed by atoms with Crippen molar-refractivity contribution in [3.05, 3.63) is 35.4 Å².